The van der Waals surface area contributed by atoms with Gasteiger partial charge < -0.3 is 10.1 Å². The van der Waals surface area contributed by atoms with E-state index in [1.54, 1.807) is 0 Å². The van der Waals surface area contributed by atoms with Gasteiger partial charge in [-0.25, -0.2) is 0 Å². The number of aldehydes is 1. The van der Waals surface area contributed by atoms with Gasteiger partial charge in [0.2, 0.25) is 0 Å². The third kappa shape index (κ3) is 0.985. The van der Waals surface area contributed by atoms with Crippen LogP contribution in [0.5, 0.6) is 0 Å². The highest BCUT2D eigenvalue weighted by Crippen LogP contribution is 2.27. The van der Waals surface area contributed by atoms with E-state index in [1.165, 1.54) is 11.3 Å². The van der Waals surface area contributed by atoms with Crippen LogP contribution in [0.2, 0.25) is 0 Å². The summed E-state index contributed by atoms with van der Waals surface area (Å²) in [7, 11) is 0. The van der Waals surface area contributed by atoms with E-state index in [1.807, 2.05) is 0 Å². The summed E-state index contributed by atoms with van der Waals surface area (Å²) in [6, 6.07) is 0. The van der Waals surface area contributed by atoms with Gasteiger partial charge in [-0.3, -0.25) is 0 Å². The Labute approximate surface area is 66.0 Å². The quantitative estimate of drug-likeness (QED) is 0.564. The fraction of sp³-hybridized carbons (Fsp3) is 0.444. The van der Waals surface area contributed by atoms with Crippen molar-refractivity contribution in [1.29, 1.82) is 0 Å². The maximum atomic E-state index is 10.6. The van der Waals surface area contributed by atoms with Gasteiger partial charge in [0.1, 0.15) is 6.29 Å². The van der Waals surface area contributed by atoms with Crippen molar-refractivity contribution < 1.29 is 4.79 Å². The third-order valence-electron chi connectivity index (χ3n) is 2.34. The molecule has 0 saturated heterocycles. The molecule has 0 aromatic heterocycles. The number of carbonyl (C=O) groups is 1. The van der Waals surface area contributed by atoms with Crippen LogP contribution in [0, 0.1) is 5.92 Å². The van der Waals surface area contributed by atoms with Crippen molar-refractivity contribution in [2.24, 2.45) is 5.92 Å². The maximum absolute atomic E-state index is 10.6. The lowest BCUT2D eigenvalue weighted by molar-refractivity contribution is -0.109. The number of allylic oxidation sites excluding steroid dienone is 2. The third-order valence-corrected chi connectivity index (χ3v) is 2.34. The number of hydrogen-bond acceptors (Lipinski definition) is 2. The largest absolute Gasteiger partial charge is 0.384 e. The summed E-state index contributed by atoms with van der Waals surface area (Å²) >= 11 is 0. The number of nitrogens with one attached hydrogen (secondary N) is 1. The van der Waals surface area contributed by atoms with Crippen LogP contribution < -0.4 is 5.32 Å². The first-order valence-electron chi connectivity index (χ1n) is 4.00. The molecular weight excluding hydrogens is 138 g/mol. The average Bonchev–Trinajstić information content (AvgIpc) is 2.47. The predicted octanol–water partition coefficient (Wildman–Crippen LogP) is 1.01. The van der Waals surface area contributed by atoms with Gasteiger partial charge in [-0.05, 0) is 24.5 Å². The van der Waals surface area contributed by atoms with Crippen molar-refractivity contribution in [3.63, 3.8) is 0 Å². The van der Waals surface area contributed by atoms with E-state index in [0.29, 0.717) is 0 Å². The molecule has 0 saturated carbocycles. The molecule has 58 valence electrons. The predicted molar refractivity (Wildman–Crippen MR) is 43.0 cm³/mol. The standard InChI is InChI=1S/C9H11NO/c11-6-7-5-10-9-4-2-1-3-8(7)9/h2,4,6-7,10H,1,3,5H2. The highest BCUT2D eigenvalue weighted by atomic mass is 16.1. The average molecular weight is 149 g/mol. The van der Waals surface area contributed by atoms with Crippen LogP contribution in [0.1, 0.15) is 12.8 Å². The van der Waals surface area contributed by atoms with Crippen LogP contribution in [0.3, 0.4) is 0 Å². The van der Waals surface area contributed by atoms with Crippen molar-refractivity contribution >= 4 is 6.29 Å². The molecule has 1 atom stereocenters. The van der Waals surface area contributed by atoms with Crippen molar-refractivity contribution in [3.05, 3.63) is 23.4 Å². The summed E-state index contributed by atoms with van der Waals surface area (Å²) in [6.07, 6.45) is 7.43. The van der Waals surface area contributed by atoms with Crippen LogP contribution in [0.15, 0.2) is 23.4 Å². The first-order valence-corrected chi connectivity index (χ1v) is 4.00. The molecule has 1 aliphatic carbocycles. The maximum Gasteiger partial charge on any atom is 0.128 e. The molecule has 0 radical (unpaired) electrons. The topological polar surface area (TPSA) is 29.1 Å². The zero-order chi connectivity index (χ0) is 7.68. The molecule has 2 nitrogen and oxygen atoms in total. The Kier molecular flexibility index (Phi) is 1.53. The van der Waals surface area contributed by atoms with Gasteiger partial charge in [-0.2, -0.15) is 0 Å². The van der Waals surface area contributed by atoms with Crippen LogP contribution >= 0.6 is 0 Å². The summed E-state index contributed by atoms with van der Waals surface area (Å²) in [4.78, 5) is 10.6. The Balaban J connectivity index is 2.28. The van der Waals surface area contributed by atoms with E-state index >= 15 is 0 Å². The molecule has 1 N–H and O–H groups in total. The zero-order valence-electron chi connectivity index (χ0n) is 6.34. The minimum atomic E-state index is 0.148. The molecule has 0 fully saturated rings. The van der Waals surface area contributed by atoms with E-state index < -0.39 is 0 Å². The minimum absolute atomic E-state index is 0.148. The Morgan fingerprint density at radius 3 is 3.36 bits per heavy atom. The SMILES string of the molecule is O=CC1CNC2=C1CCC=C2. The monoisotopic (exact) mass is 149 g/mol. The molecular formula is C9H11NO. The lowest BCUT2D eigenvalue weighted by Gasteiger charge is -2.08. The molecule has 0 spiro atoms. The summed E-state index contributed by atoms with van der Waals surface area (Å²) < 4.78 is 0. The van der Waals surface area contributed by atoms with Gasteiger partial charge in [0.25, 0.3) is 0 Å². The molecule has 0 aromatic carbocycles. The van der Waals surface area contributed by atoms with Gasteiger partial charge in [-0.15, -0.1) is 0 Å². The molecule has 0 amide bonds. The van der Waals surface area contributed by atoms with E-state index in [0.717, 1.165) is 25.7 Å². The van der Waals surface area contributed by atoms with E-state index in [4.69, 9.17) is 0 Å². The van der Waals surface area contributed by atoms with Crippen molar-refractivity contribution in [1.82, 2.24) is 5.32 Å². The lowest BCUT2D eigenvalue weighted by atomic mass is 9.95. The zero-order valence-corrected chi connectivity index (χ0v) is 6.34. The Hall–Kier alpha value is -1.05. The first-order chi connectivity index (χ1) is 5.42. The van der Waals surface area contributed by atoms with Crippen LogP contribution in [-0.2, 0) is 4.79 Å². The van der Waals surface area contributed by atoms with Crippen molar-refractivity contribution in [2.75, 3.05) is 6.54 Å². The molecule has 0 bridgehead atoms. The molecule has 1 aliphatic heterocycles. The fourth-order valence-electron chi connectivity index (χ4n) is 1.71. The number of carbonyl (C=O) groups excluding carboxylic acids is 1. The van der Waals surface area contributed by atoms with Crippen molar-refractivity contribution in [3.8, 4) is 0 Å². The second kappa shape index (κ2) is 2.53. The second-order valence-electron chi connectivity index (χ2n) is 3.00. The number of hydrogen-bond donors (Lipinski definition) is 1. The van der Waals surface area contributed by atoms with E-state index in [-0.39, 0.29) is 5.92 Å². The summed E-state index contributed by atoms with van der Waals surface area (Å²) in [5, 5.41) is 3.22. The van der Waals surface area contributed by atoms with E-state index in [2.05, 4.69) is 17.5 Å². The normalized spacial score (nSPS) is 28.2. The highest BCUT2D eigenvalue weighted by molar-refractivity contribution is 5.62. The Morgan fingerprint density at radius 2 is 2.55 bits per heavy atom. The molecule has 1 unspecified atom stereocenters. The lowest BCUT2D eigenvalue weighted by Crippen LogP contribution is -2.12. The van der Waals surface area contributed by atoms with Gasteiger partial charge in [0.15, 0.2) is 0 Å². The molecule has 2 heteroatoms. The van der Waals surface area contributed by atoms with Crippen LogP contribution in [0.4, 0.5) is 0 Å². The van der Waals surface area contributed by atoms with Gasteiger partial charge >= 0.3 is 0 Å². The summed E-state index contributed by atoms with van der Waals surface area (Å²) in [6.45, 7) is 0.804. The van der Waals surface area contributed by atoms with E-state index in [9.17, 15) is 4.79 Å². The Morgan fingerprint density at radius 1 is 1.64 bits per heavy atom. The smallest absolute Gasteiger partial charge is 0.128 e. The fourth-order valence-corrected chi connectivity index (χ4v) is 1.71. The van der Waals surface area contributed by atoms with Gasteiger partial charge in [0.05, 0.1) is 5.92 Å². The van der Waals surface area contributed by atoms with Crippen LogP contribution in [0.25, 0.3) is 0 Å². The van der Waals surface area contributed by atoms with Crippen molar-refractivity contribution in [2.45, 2.75) is 12.8 Å². The minimum Gasteiger partial charge on any atom is -0.384 e. The molecule has 2 aliphatic rings. The Bertz CT molecular complexity index is 240. The van der Waals surface area contributed by atoms with Gasteiger partial charge in [0, 0.05) is 12.2 Å². The second-order valence-corrected chi connectivity index (χ2v) is 3.00. The molecule has 1 heterocycles. The highest BCUT2D eigenvalue weighted by Gasteiger charge is 2.23. The molecule has 0 aromatic rings. The van der Waals surface area contributed by atoms with Gasteiger partial charge in [-0.1, -0.05) is 6.08 Å². The van der Waals surface area contributed by atoms with Crippen LogP contribution in [-0.4, -0.2) is 12.8 Å². The number of rotatable bonds is 1. The summed E-state index contributed by atoms with van der Waals surface area (Å²) in [5.41, 5.74) is 2.50. The molecule has 2 rings (SSSR count). The first kappa shape index (κ1) is 6.65. The molecule has 11 heavy (non-hydrogen) atoms. The summed E-state index contributed by atoms with van der Waals surface area (Å²) in [5.74, 6) is 0.148.